The summed E-state index contributed by atoms with van der Waals surface area (Å²) in [6.45, 7) is 0. The van der Waals surface area contributed by atoms with Gasteiger partial charge in [-0.15, -0.1) is 0 Å². The first kappa shape index (κ1) is 25.4. The fourth-order valence-electron chi connectivity index (χ4n) is 5.94. The number of hydrogen-bond donors (Lipinski definition) is 0. The molecule has 0 saturated heterocycles. The van der Waals surface area contributed by atoms with E-state index in [-0.39, 0.29) is 0 Å². The molecule has 0 aliphatic carbocycles. The van der Waals surface area contributed by atoms with Crippen molar-refractivity contribution in [3.8, 4) is 61.6 Å². The van der Waals surface area contributed by atoms with Crippen LogP contribution < -0.4 is 4.57 Å². The van der Waals surface area contributed by atoms with E-state index in [0.717, 1.165) is 28.2 Å². The van der Waals surface area contributed by atoms with E-state index in [1.165, 1.54) is 33.4 Å². The van der Waals surface area contributed by atoms with Crippen LogP contribution in [0.15, 0.2) is 182 Å². The lowest BCUT2D eigenvalue weighted by atomic mass is 9.82. The SMILES string of the molecule is c1ccc(-c2c(-c3ccccc3)c(-c3ccccc3)[n+](-c3ccccc3)c(-c3ccccc3)c2-c2ccccc2)cc1. The minimum atomic E-state index is 1.11. The molecule has 0 aliphatic rings. The summed E-state index contributed by atoms with van der Waals surface area (Å²) in [5.41, 5.74) is 12.9. The minimum Gasteiger partial charge on any atom is -0.152 e. The molecule has 7 rings (SSSR count). The third-order valence-electron chi connectivity index (χ3n) is 7.72. The smallest absolute Gasteiger partial charge is 0.152 e. The molecule has 1 aromatic heterocycles. The van der Waals surface area contributed by atoms with Crippen molar-refractivity contribution in [1.82, 2.24) is 0 Å². The van der Waals surface area contributed by atoms with Gasteiger partial charge < -0.3 is 0 Å². The summed E-state index contributed by atoms with van der Waals surface area (Å²) < 4.78 is 2.47. The molecule has 0 N–H and O–H groups in total. The Hall–Kier alpha value is -5.53. The van der Waals surface area contributed by atoms with Gasteiger partial charge in [0.15, 0.2) is 0 Å². The number of pyridine rings is 1. The van der Waals surface area contributed by atoms with Crippen LogP contribution in [0.25, 0.3) is 61.6 Å². The van der Waals surface area contributed by atoms with E-state index < -0.39 is 0 Å². The molecule has 6 aromatic carbocycles. The second kappa shape index (κ2) is 11.5. The molecule has 1 heteroatoms. The first-order valence-electron chi connectivity index (χ1n) is 14.4. The molecule has 0 aliphatic heterocycles. The lowest BCUT2D eigenvalue weighted by Gasteiger charge is -2.23. The van der Waals surface area contributed by atoms with Crippen LogP contribution in [0, 0.1) is 0 Å². The molecule has 1 heterocycles. The highest BCUT2D eigenvalue weighted by molar-refractivity contribution is 6.03. The average molecular weight is 537 g/mol. The van der Waals surface area contributed by atoms with Gasteiger partial charge in [-0.05, 0) is 41.0 Å². The molecule has 0 radical (unpaired) electrons. The van der Waals surface area contributed by atoms with Crippen molar-refractivity contribution in [2.75, 3.05) is 0 Å². The Balaban J connectivity index is 1.81. The maximum Gasteiger partial charge on any atom is 0.227 e. The number of benzene rings is 6. The van der Waals surface area contributed by atoms with Crippen molar-refractivity contribution >= 4 is 0 Å². The van der Waals surface area contributed by atoms with E-state index in [4.69, 9.17) is 0 Å². The van der Waals surface area contributed by atoms with Crippen LogP contribution in [0.2, 0.25) is 0 Å². The van der Waals surface area contributed by atoms with E-state index in [1.54, 1.807) is 0 Å². The van der Waals surface area contributed by atoms with Crippen molar-refractivity contribution in [2.45, 2.75) is 0 Å². The van der Waals surface area contributed by atoms with Gasteiger partial charge in [0, 0.05) is 28.8 Å². The van der Waals surface area contributed by atoms with Crippen molar-refractivity contribution in [3.05, 3.63) is 182 Å². The van der Waals surface area contributed by atoms with Crippen molar-refractivity contribution in [1.29, 1.82) is 0 Å². The Morgan fingerprint density at radius 3 is 0.833 bits per heavy atom. The van der Waals surface area contributed by atoms with E-state index in [9.17, 15) is 0 Å². The zero-order valence-corrected chi connectivity index (χ0v) is 23.3. The van der Waals surface area contributed by atoms with Gasteiger partial charge >= 0.3 is 0 Å². The highest BCUT2D eigenvalue weighted by atomic mass is 15.0. The molecular weight excluding hydrogens is 506 g/mol. The Kier molecular flexibility index (Phi) is 6.98. The van der Waals surface area contributed by atoms with Gasteiger partial charge in [-0.3, -0.25) is 0 Å². The quantitative estimate of drug-likeness (QED) is 0.186. The van der Waals surface area contributed by atoms with Crippen molar-refractivity contribution in [3.63, 3.8) is 0 Å². The molecule has 0 fully saturated rings. The third kappa shape index (κ3) is 4.72. The zero-order chi connectivity index (χ0) is 28.1. The molecule has 1 nitrogen and oxygen atoms in total. The number of nitrogens with zero attached hydrogens (tertiary/aromatic N) is 1. The van der Waals surface area contributed by atoms with E-state index >= 15 is 0 Å². The number of para-hydroxylation sites is 1. The second-order valence-electron chi connectivity index (χ2n) is 10.3. The molecule has 198 valence electrons. The lowest BCUT2D eigenvalue weighted by molar-refractivity contribution is -0.571. The molecule has 42 heavy (non-hydrogen) atoms. The van der Waals surface area contributed by atoms with Crippen LogP contribution >= 0.6 is 0 Å². The highest BCUT2D eigenvalue weighted by Crippen LogP contribution is 2.48. The van der Waals surface area contributed by atoms with Crippen LogP contribution in [0.5, 0.6) is 0 Å². The Morgan fingerprint density at radius 1 is 0.238 bits per heavy atom. The topological polar surface area (TPSA) is 3.88 Å². The molecule has 0 bridgehead atoms. The molecule has 0 saturated carbocycles. The van der Waals surface area contributed by atoms with Gasteiger partial charge in [-0.25, -0.2) is 0 Å². The molecular formula is C41H30N+. The lowest BCUT2D eigenvalue weighted by Crippen LogP contribution is -2.38. The molecule has 0 unspecified atom stereocenters. The fraction of sp³-hybridized carbons (Fsp3) is 0. The third-order valence-corrected chi connectivity index (χ3v) is 7.72. The minimum absolute atomic E-state index is 1.11. The second-order valence-corrected chi connectivity index (χ2v) is 10.3. The Morgan fingerprint density at radius 2 is 0.500 bits per heavy atom. The Bertz CT molecular complexity index is 1520. The average Bonchev–Trinajstić information content (AvgIpc) is 3.09. The van der Waals surface area contributed by atoms with Gasteiger partial charge in [-0.1, -0.05) is 146 Å². The van der Waals surface area contributed by atoms with Gasteiger partial charge in [-0.2, -0.15) is 4.57 Å². The first-order valence-corrected chi connectivity index (χ1v) is 14.4. The van der Waals surface area contributed by atoms with Gasteiger partial charge in [0.25, 0.3) is 0 Å². The van der Waals surface area contributed by atoms with Crippen LogP contribution in [0.4, 0.5) is 0 Å². The van der Waals surface area contributed by atoms with Gasteiger partial charge in [0.05, 0.1) is 11.1 Å². The van der Waals surface area contributed by atoms with Crippen LogP contribution in [0.3, 0.4) is 0 Å². The maximum absolute atomic E-state index is 2.47. The summed E-state index contributed by atoms with van der Waals surface area (Å²) >= 11 is 0. The molecule has 0 amide bonds. The van der Waals surface area contributed by atoms with E-state index in [0.29, 0.717) is 0 Å². The molecule has 7 aromatic rings. The largest absolute Gasteiger partial charge is 0.227 e. The number of hydrogen-bond acceptors (Lipinski definition) is 0. The van der Waals surface area contributed by atoms with E-state index in [2.05, 4.69) is 187 Å². The summed E-state index contributed by atoms with van der Waals surface area (Å²) in [6, 6.07) is 64.9. The van der Waals surface area contributed by atoms with Crippen LogP contribution in [0.1, 0.15) is 0 Å². The molecule has 0 spiro atoms. The summed E-state index contributed by atoms with van der Waals surface area (Å²) in [4.78, 5) is 0. The fourth-order valence-corrected chi connectivity index (χ4v) is 5.94. The first-order chi connectivity index (χ1) is 20.9. The van der Waals surface area contributed by atoms with Gasteiger partial charge in [0.1, 0.15) is 0 Å². The zero-order valence-electron chi connectivity index (χ0n) is 23.3. The predicted molar refractivity (Wildman–Crippen MR) is 175 cm³/mol. The summed E-state index contributed by atoms with van der Waals surface area (Å²) in [6.07, 6.45) is 0. The monoisotopic (exact) mass is 536 g/mol. The van der Waals surface area contributed by atoms with Crippen molar-refractivity contribution in [2.24, 2.45) is 0 Å². The summed E-state index contributed by atoms with van der Waals surface area (Å²) in [5, 5.41) is 0. The standard InChI is InChI=1S/C41H30N/c1-7-19-31(20-8-1)37-38(32-21-9-2-10-22-32)40(34-25-13-4-14-26-34)42(36-29-17-6-18-30-36)41(35-27-15-5-16-28-35)39(37)33-23-11-3-12-24-33/h1-30H/q+1. The summed E-state index contributed by atoms with van der Waals surface area (Å²) in [7, 11) is 0. The summed E-state index contributed by atoms with van der Waals surface area (Å²) in [5.74, 6) is 0. The normalized spacial score (nSPS) is 10.9. The predicted octanol–water partition coefficient (Wildman–Crippen LogP) is 10.3. The Labute approximate surface area is 247 Å². The molecule has 0 atom stereocenters. The van der Waals surface area contributed by atoms with Crippen LogP contribution in [-0.2, 0) is 0 Å². The highest BCUT2D eigenvalue weighted by Gasteiger charge is 2.35. The van der Waals surface area contributed by atoms with Gasteiger partial charge in [0.2, 0.25) is 17.1 Å². The van der Waals surface area contributed by atoms with Crippen LogP contribution in [-0.4, -0.2) is 0 Å². The number of aromatic nitrogens is 1. The maximum atomic E-state index is 2.47. The van der Waals surface area contributed by atoms with E-state index in [1.807, 2.05) is 0 Å². The number of rotatable bonds is 6. The van der Waals surface area contributed by atoms with Crippen molar-refractivity contribution < 1.29 is 4.57 Å².